The summed E-state index contributed by atoms with van der Waals surface area (Å²) in [6, 6.07) is 4.52. The topological polar surface area (TPSA) is 90.5 Å². The SMILES string of the molecule is Cc1nn(CC(=O)Nc2ncn(Cc3ccc(F)cc3Cl)n2)c2nc(C(F)F)cc(C(F)F)c12. The van der Waals surface area contributed by atoms with E-state index in [2.05, 4.69) is 25.5 Å². The second-order valence-corrected chi connectivity index (χ2v) is 7.64. The number of halogens is 6. The number of hydrogen-bond donors (Lipinski definition) is 1. The van der Waals surface area contributed by atoms with Crippen molar-refractivity contribution < 1.29 is 26.7 Å². The molecule has 0 fully saturated rings. The molecule has 4 aromatic rings. The number of carbonyl (C=O) groups excluding carboxylic acids is 1. The van der Waals surface area contributed by atoms with Crippen LogP contribution < -0.4 is 5.32 Å². The Bertz CT molecular complexity index is 1370. The maximum atomic E-state index is 13.4. The second-order valence-electron chi connectivity index (χ2n) is 7.23. The van der Waals surface area contributed by atoms with E-state index in [0.29, 0.717) is 11.6 Å². The van der Waals surface area contributed by atoms with Gasteiger partial charge in [-0.2, -0.15) is 5.10 Å². The number of nitrogens with one attached hydrogen (secondary N) is 1. The van der Waals surface area contributed by atoms with Gasteiger partial charge < -0.3 is 0 Å². The summed E-state index contributed by atoms with van der Waals surface area (Å²) in [7, 11) is 0. The maximum absolute atomic E-state index is 13.4. The van der Waals surface area contributed by atoms with Crippen LogP contribution in [0.5, 0.6) is 0 Å². The number of aromatic nitrogens is 6. The minimum Gasteiger partial charge on any atom is -0.292 e. The van der Waals surface area contributed by atoms with E-state index in [1.54, 1.807) is 0 Å². The van der Waals surface area contributed by atoms with E-state index >= 15 is 0 Å². The quantitative estimate of drug-likeness (QED) is 0.373. The van der Waals surface area contributed by atoms with Crippen LogP contribution in [0.1, 0.15) is 35.4 Å². The molecular weight excluding hydrogens is 485 g/mol. The molecule has 3 aromatic heterocycles. The van der Waals surface area contributed by atoms with Crippen LogP contribution in [0.3, 0.4) is 0 Å². The van der Waals surface area contributed by atoms with Crippen molar-refractivity contribution in [2.24, 2.45) is 0 Å². The first kappa shape index (κ1) is 23.5. The van der Waals surface area contributed by atoms with Crippen molar-refractivity contribution in [1.29, 1.82) is 0 Å². The van der Waals surface area contributed by atoms with Crippen LogP contribution in [0.4, 0.5) is 27.9 Å². The van der Waals surface area contributed by atoms with Gasteiger partial charge in [0.05, 0.1) is 17.6 Å². The van der Waals surface area contributed by atoms with Gasteiger partial charge in [0.25, 0.3) is 12.9 Å². The van der Waals surface area contributed by atoms with Gasteiger partial charge in [-0.05, 0) is 30.7 Å². The van der Waals surface area contributed by atoms with Crippen LogP contribution >= 0.6 is 11.6 Å². The highest BCUT2D eigenvalue weighted by Gasteiger charge is 2.24. The Morgan fingerprint density at radius 2 is 1.91 bits per heavy atom. The summed E-state index contributed by atoms with van der Waals surface area (Å²) in [4.78, 5) is 20.2. The molecule has 178 valence electrons. The highest BCUT2D eigenvalue weighted by molar-refractivity contribution is 6.31. The van der Waals surface area contributed by atoms with Gasteiger partial charge in [-0.15, -0.1) is 5.10 Å². The van der Waals surface area contributed by atoms with E-state index < -0.39 is 42.4 Å². The summed E-state index contributed by atoms with van der Waals surface area (Å²) in [5.74, 6) is -1.26. The van der Waals surface area contributed by atoms with Gasteiger partial charge in [0.1, 0.15) is 24.4 Å². The molecule has 0 bridgehead atoms. The fraction of sp³-hybridized carbons (Fsp3) is 0.250. The average Bonchev–Trinajstić information content (AvgIpc) is 3.33. The minimum absolute atomic E-state index is 0.0779. The average molecular weight is 500 g/mol. The minimum atomic E-state index is -3.08. The lowest BCUT2D eigenvalue weighted by atomic mass is 10.1. The van der Waals surface area contributed by atoms with Crippen LogP contribution in [0.2, 0.25) is 5.02 Å². The Morgan fingerprint density at radius 3 is 2.59 bits per heavy atom. The summed E-state index contributed by atoms with van der Waals surface area (Å²) in [6.07, 6.45) is -4.80. The molecule has 1 amide bonds. The Labute approximate surface area is 193 Å². The molecule has 0 aliphatic rings. The van der Waals surface area contributed by atoms with Crippen LogP contribution in [0, 0.1) is 12.7 Å². The number of carbonyl (C=O) groups is 1. The third-order valence-electron chi connectivity index (χ3n) is 4.81. The highest BCUT2D eigenvalue weighted by atomic mass is 35.5. The van der Waals surface area contributed by atoms with E-state index in [4.69, 9.17) is 11.6 Å². The number of alkyl halides is 4. The predicted molar refractivity (Wildman–Crippen MR) is 111 cm³/mol. The van der Waals surface area contributed by atoms with Gasteiger partial charge in [-0.25, -0.2) is 41.3 Å². The van der Waals surface area contributed by atoms with Crippen molar-refractivity contribution in [3.63, 3.8) is 0 Å². The summed E-state index contributed by atoms with van der Waals surface area (Å²) in [6.45, 7) is 1.06. The summed E-state index contributed by atoms with van der Waals surface area (Å²) in [5, 5.41) is 10.6. The van der Waals surface area contributed by atoms with Crippen molar-refractivity contribution in [2.75, 3.05) is 5.32 Å². The molecule has 0 saturated carbocycles. The predicted octanol–water partition coefficient (Wildman–Crippen LogP) is 4.69. The molecule has 0 spiro atoms. The number of amides is 1. The van der Waals surface area contributed by atoms with E-state index in [-0.39, 0.29) is 34.2 Å². The Balaban J connectivity index is 1.53. The third-order valence-corrected chi connectivity index (χ3v) is 5.17. The fourth-order valence-electron chi connectivity index (χ4n) is 3.35. The largest absolute Gasteiger partial charge is 0.292 e. The number of hydrogen-bond acceptors (Lipinski definition) is 5. The fourth-order valence-corrected chi connectivity index (χ4v) is 3.58. The molecule has 0 unspecified atom stereocenters. The lowest BCUT2D eigenvalue weighted by Gasteiger charge is -2.08. The monoisotopic (exact) mass is 499 g/mol. The third kappa shape index (κ3) is 4.83. The van der Waals surface area contributed by atoms with Gasteiger partial charge in [0.2, 0.25) is 11.9 Å². The smallest absolute Gasteiger partial charge is 0.280 e. The number of fused-ring (bicyclic) bond motifs is 1. The molecule has 0 aliphatic heterocycles. The lowest BCUT2D eigenvalue weighted by molar-refractivity contribution is -0.116. The summed E-state index contributed by atoms with van der Waals surface area (Å²) in [5.41, 5.74) is -1.05. The zero-order chi connectivity index (χ0) is 24.6. The van der Waals surface area contributed by atoms with E-state index in [1.165, 1.54) is 30.1 Å². The zero-order valence-corrected chi connectivity index (χ0v) is 18.1. The van der Waals surface area contributed by atoms with Crippen molar-refractivity contribution in [3.8, 4) is 0 Å². The summed E-state index contributed by atoms with van der Waals surface area (Å²) < 4.78 is 68.7. The van der Waals surface area contributed by atoms with Crippen LogP contribution in [-0.2, 0) is 17.9 Å². The molecule has 0 radical (unpaired) electrons. The molecule has 4 rings (SSSR count). The van der Waals surface area contributed by atoms with Crippen LogP contribution in [-0.4, -0.2) is 35.4 Å². The number of rotatable bonds is 7. The molecule has 34 heavy (non-hydrogen) atoms. The van der Waals surface area contributed by atoms with Crippen LogP contribution in [0.15, 0.2) is 30.6 Å². The van der Waals surface area contributed by atoms with Gasteiger partial charge in [0.15, 0.2) is 5.65 Å². The lowest BCUT2D eigenvalue weighted by Crippen LogP contribution is -2.21. The zero-order valence-electron chi connectivity index (χ0n) is 17.3. The van der Waals surface area contributed by atoms with E-state index in [0.717, 1.165) is 10.7 Å². The number of aryl methyl sites for hydroxylation is 1. The molecule has 8 nitrogen and oxygen atoms in total. The summed E-state index contributed by atoms with van der Waals surface area (Å²) >= 11 is 5.99. The van der Waals surface area contributed by atoms with E-state index in [9.17, 15) is 26.7 Å². The number of anilines is 1. The number of nitrogens with zero attached hydrogens (tertiary/aromatic N) is 6. The molecule has 1 N–H and O–H groups in total. The molecule has 0 aliphatic carbocycles. The van der Waals surface area contributed by atoms with Crippen molar-refractivity contribution in [3.05, 3.63) is 63.9 Å². The van der Waals surface area contributed by atoms with Gasteiger partial charge in [-0.1, -0.05) is 17.7 Å². The Kier molecular flexibility index (Phi) is 6.46. The normalized spacial score (nSPS) is 11.7. The molecule has 14 heteroatoms. The highest BCUT2D eigenvalue weighted by Crippen LogP contribution is 2.32. The molecule has 0 saturated heterocycles. The van der Waals surface area contributed by atoms with E-state index in [1.807, 2.05) is 0 Å². The van der Waals surface area contributed by atoms with Crippen LogP contribution in [0.25, 0.3) is 11.0 Å². The first-order valence-corrected chi connectivity index (χ1v) is 10.1. The molecule has 0 atom stereocenters. The Morgan fingerprint density at radius 1 is 1.15 bits per heavy atom. The van der Waals surface area contributed by atoms with Gasteiger partial charge in [-0.3, -0.25) is 10.1 Å². The van der Waals surface area contributed by atoms with Crippen molar-refractivity contribution >= 4 is 34.5 Å². The van der Waals surface area contributed by atoms with Gasteiger partial charge >= 0.3 is 0 Å². The number of benzene rings is 1. The van der Waals surface area contributed by atoms with Gasteiger partial charge in [0, 0.05) is 10.6 Å². The van der Waals surface area contributed by atoms with Crippen molar-refractivity contribution in [1.82, 2.24) is 29.5 Å². The standard InChI is InChI=1S/C20H15ClF5N7O/c1-9-16-12(17(23)24)5-14(18(25)26)28-19(16)33(30-9)7-15(34)29-20-27-8-32(31-20)6-10-2-3-11(22)4-13(10)21/h2-5,8,17-18H,6-7H2,1H3,(H,29,31,34). The second kappa shape index (κ2) is 9.33. The Hall–Kier alpha value is -3.61. The first-order valence-electron chi connectivity index (χ1n) is 9.70. The molecule has 1 aromatic carbocycles. The molecule has 3 heterocycles. The first-order chi connectivity index (χ1) is 16.1. The van der Waals surface area contributed by atoms with Crippen molar-refractivity contribution in [2.45, 2.75) is 32.9 Å². The maximum Gasteiger partial charge on any atom is 0.280 e. The number of pyridine rings is 1. The molecular formula is C20H15ClF5N7O.